The summed E-state index contributed by atoms with van der Waals surface area (Å²) in [5, 5.41) is 3.37. The fraction of sp³-hybridized carbons (Fsp3) is 0.0526. The molecule has 3 nitrogen and oxygen atoms in total. The maximum atomic E-state index is 11.4. The van der Waals surface area contributed by atoms with Gasteiger partial charge in [-0.15, -0.1) is 0 Å². The number of hydrogen-bond acceptors (Lipinski definition) is 2. The molecule has 0 aliphatic carbocycles. The van der Waals surface area contributed by atoms with E-state index in [4.69, 9.17) is 11.6 Å². The Bertz CT molecular complexity index is 847. The van der Waals surface area contributed by atoms with Crippen molar-refractivity contribution in [3.8, 4) is 22.4 Å². The first-order valence-corrected chi connectivity index (χ1v) is 7.60. The highest BCUT2D eigenvalue weighted by Gasteiger charge is 2.10. The van der Waals surface area contributed by atoms with E-state index >= 15 is 0 Å². The Morgan fingerprint density at radius 2 is 1.78 bits per heavy atom. The topological polar surface area (TPSA) is 42.0 Å². The van der Waals surface area contributed by atoms with Gasteiger partial charge in [0.2, 0.25) is 5.91 Å². The largest absolute Gasteiger partial charge is 0.326 e. The highest BCUT2D eigenvalue weighted by Crippen LogP contribution is 2.31. The molecule has 0 saturated carbocycles. The molecular weight excluding hydrogens is 308 g/mol. The molecule has 0 radical (unpaired) electrons. The first-order valence-electron chi connectivity index (χ1n) is 7.22. The number of hydrogen-bond donors (Lipinski definition) is 1. The van der Waals surface area contributed by atoms with Crippen LogP contribution >= 0.6 is 11.6 Å². The Balaban J connectivity index is 2.07. The van der Waals surface area contributed by atoms with Crippen molar-refractivity contribution in [1.29, 1.82) is 0 Å². The van der Waals surface area contributed by atoms with E-state index in [9.17, 15) is 4.79 Å². The second-order valence-corrected chi connectivity index (χ2v) is 5.60. The molecule has 0 unspecified atom stereocenters. The zero-order valence-corrected chi connectivity index (χ0v) is 13.3. The highest BCUT2D eigenvalue weighted by atomic mass is 35.5. The molecule has 0 spiro atoms. The molecule has 3 rings (SSSR count). The molecule has 4 heteroatoms. The van der Waals surface area contributed by atoms with Crippen LogP contribution in [0.5, 0.6) is 0 Å². The van der Waals surface area contributed by atoms with Crippen LogP contribution in [0.3, 0.4) is 0 Å². The van der Waals surface area contributed by atoms with E-state index in [1.165, 1.54) is 6.92 Å². The minimum Gasteiger partial charge on any atom is -0.326 e. The summed E-state index contributed by atoms with van der Waals surface area (Å²) in [4.78, 5) is 15.9. The van der Waals surface area contributed by atoms with E-state index < -0.39 is 0 Å². The maximum absolute atomic E-state index is 11.4. The van der Waals surface area contributed by atoms with Crippen molar-refractivity contribution in [2.75, 3.05) is 5.32 Å². The van der Waals surface area contributed by atoms with E-state index in [1.54, 1.807) is 18.3 Å². The molecule has 0 aliphatic heterocycles. The van der Waals surface area contributed by atoms with Crippen LogP contribution in [0.1, 0.15) is 6.92 Å². The summed E-state index contributed by atoms with van der Waals surface area (Å²) >= 11 is 6.04. The van der Waals surface area contributed by atoms with Gasteiger partial charge in [0.05, 0.1) is 11.4 Å². The third-order valence-corrected chi connectivity index (χ3v) is 3.67. The fourth-order valence-corrected chi connectivity index (χ4v) is 2.59. The molecule has 0 atom stereocenters. The van der Waals surface area contributed by atoms with E-state index in [1.807, 2.05) is 36.4 Å². The van der Waals surface area contributed by atoms with Crippen LogP contribution < -0.4 is 5.32 Å². The standard InChI is InChI=1S/C19H15ClN2O/c1-13(23)22-19-12-16(20)7-8-17(19)18-11-15(9-10-21-18)14-5-3-2-4-6-14/h2-12H,1H3,(H,22,23). The van der Waals surface area contributed by atoms with Gasteiger partial charge in [-0.2, -0.15) is 0 Å². The lowest BCUT2D eigenvalue weighted by molar-refractivity contribution is -0.114. The van der Waals surface area contributed by atoms with Crippen molar-refractivity contribution in [2.45, 2.75) is 6.92 Å². The summed E-state index contributed by atoms with van der Waals surface area (Å²) in [5.74, 6) is -0.146. The maximum Gasteiger partial charge on any atom is 0.221 e. The van der Waals surface area contributed by atoms with E-state index in [0.29, 0.717) is 10.7 Å². The molecule has 0 bridgehead atoms. The van der Waals surface area contributed by atoms with Crippen LogP contribution in [0.25, 0.3) is 22.4 Å². The third kappa shape index (κ3) is 3.58. The Morgan fingerprint density at radius 1 is 1.00 bits per heavy atom. The van der Waals surface area contributed by atoms with Gasteiger partial charge in [0.15, 0.2) is 0 Å². The lowest BCUT2D eigenvalue weighted by atomic mass is 10.0. The molecule has 114 valence electrons. The Labute approximate surface area is 140 Å². The normalized spacial score (nSPS) is 10.3. The van der Waals surface area contributed by atoms with Gasteiger partial charge in [0.1, 0.15) is 0 Å². The predicted octanol–water partition coefficient (Wildman–Crippen LogP) is 5.03. The van der Waals surface area contributed by atoms with Gasteiger partial charge in [0.25, 0.3) is 0 Å². The van der Waals surface area contributed by atoms with Gasteiger partial charge in [-0.1, -0.05) is 41.9 Å². The van der Waals surface area contributed by atoms with Gasteiger partial charge in [0, 0.05) is 23.7 Å². The van der Waals surface area contributed by atoms with Crippen molar-refractivity contribution in [2.24, 2.45) is 0 Å². The summed E-state index contributed by atoms with van der Waals surface area (Å²) in [5.41, 5.74) is 4.46. The number of aromatic nitrogens is 1. The van der Waals surface area contributed by atoms with Crippen LogP contribution in [0.15, 0.2) is 66.9 Å². The Hall–Kier alpha value is -2.65. The quantitative estimate of drug-likeness (QED) is 0.735. The van der Waals surface area contributed by atoms with Crippen LogP contribution in [0, 0.1) is 0 Å². The Kier molecular flexibility index (Phi) is 4.40. The van der Waals surface area contributed by atoms with Crippen molar-refractivity contribution >= 4 is 23.2 Å². The number of carbonyl (C=O) groups is 1. The zero-order valence-electron chi connectivity index (χ0n) is 12.6. The molecule has 0 aliphatic rings. The minimum absolute atomic E-state index is 0.146. The van der Waals surface area contributed by atoms with Crippen molar-refractivity contribution in [3.63, 3.8) is 0 Å². The number of anilines is 1. The van der Waals surface area contributed by atoms with Crippen molar-refractivity contribution in [3.05, 3.63) is 71.9 Å². The molecule has 23 heavy (non-hydrogen) atoms. The van der Waals surface area contributed by atoms with Crippen LogP contribution in [0.4, 0.5) is 5.69 Å². The smallest absolute Gasteiger partial charge is 0.221 e. The number of amides is 1. The van der Waals surface area contributed by atoms with Crippen LogP contribution in [-0.4, -0.2) is 10.9 Å². The molecule has 1 N–H and O–H groups in total. The number of nitrogens with zero attached hydrogens (tertiary/aromatic N) is 1. The van der Waals surface area contributed by atoms with Gasteiger partial charge in [-0.3, -0.25) is 9.78 Å². The lowest BCUT2D eigenvalue weighted by Gasteiger charge is -2.11. The number of nitrogens with one attached hydrogen (secondary N) is 1. The summed E-state index contributed by atoms with van der Waals surface area (Å²) in [6.07, 6.45) is 1.77. The number of carbonyl (C=O) groups excluding carboxylic acids is 1. The summed E-state index contributed by atoms with van der Waals surface area (Å²) in [6, 6.07) is 19.4. The molecule has 3 aromatic rings. The molecule has 1 heterocycles. The molecular formula is C19H15ClN2O. The SMILES string of the molecule is CC(=O)Nc1cc(Cl)ccc1-c1cc(-c2ccccc2)ccn1. The Morgan fingerprint density at radius 3 is 2.52 bits per heavy atom. The van der Waals surface area contributed by atoms with Gasteiger partial charge >= 0.3 is 0 Å². The van der Waals surface area contributed by atoms with Gasteiger partial charge in [-0.05, 0) is 41.5 Å². The summed E-state index contributed by atoms with van der Waals surface area (Å²) in [7, 11) is 0. The minimum atomic E-state index is -0.146. The second-order valence-electron chi connectivity index (χ2n) is 5.17. The van der Waals surface area contributed by atoms with Gasteiger partial charge in [-0.25, -0.2) is 0 Å². The second kappa shape index (κ2) is 6.63. The molecule has 2 aromatic carbocycles. The average Bonchev–Trinajstić information content (AvgIpc) is 2.55. The summed E-state index contributed by atoms with van der Waals surface area (Å²) < 4.78 is 0. The number of rotatable bonds is 3. The molecule has 0 fully saturated rings. The number of pyridine rings is 1. The van der Waals surface area contributed by atoms with Crippen LogP contribution in [0.2, 0.25) is 5.02 Å². The number of benzene rings is 2. The first-order chi connectivity index (χ1) is 11.1. The van der Waals surface area contributed by atoms with Gasteiger partial charge < -0.3 is 5.32 Å². The van der Waals surface area contributed by atoms with Crippen molar-refractivity contribution < 1.29 is 4.79 Å². The van der Waals surface area contributed by atoms with E-state index in [0.717, 1.165) is 22.4 Å². The fourth-order valence-electron chi connectivity index (χ4n) is 2.42. The first kappa shape index (κ1) is 15.3. The molecule has 1 amide bonds. The van der Waals surface area contributed by atoms with E-state index in [-0.39, 0.29) is 5.91 Å². The zero-order chi connectivity index (χ0) is 16.2. The molecule has 1 aromatic heterocycles. The number of halogens is 1. The monoisotopic (exact) mass is 322 g/mol. The highest BCUT2D eigenvalue weighted by molar-refractivity contribution is 6.31. The molecule has 0 saturated heterocycles. The van der Waals surface area contributed by atoms with E-state index in [2.05, 4.69) is 22.4 Å². The van der Waals surface area contributed by atoms with Crippen molar-refractivity contribution in [1.82, 2.24) is 4.98 Å². The van der Waals surface area contributed by atoms with Crippen LogP contribution in [-0.2, 0) is 4.79 Å². The third-order valence-electron chi connectivity index (χ3n) is 3.44. The predicted molar refractivity (Wildman–Crippen MR) is 94.4 cm³/mol. The average molecular weight is 323 g/mol. The lowest BCUT2D eigenvalue weighted by Crippen LogP contribution is -2.07. The summed E-state index contributed by atoms with van der Waals surface area (Å²) in [6.45, 7) is 1.47.